The predicted molar refractivity (Wildman–Crippen MR) is 107 cm³/mol. The zero-order valence-corrected chi connectivity index (χ0v) is 15.8. The number of fused-ring (bicyclic) bond motifs is 2. The molecule has 4 heterocycles. The molecule has 30 heavy (non-hydrogen) atoms. The van der Waals surface area contributed by atoms with E-state index in [0.717, 1.165) is 16.8 Å². The van der Waals surface area contributed by atoms with Crippen molar-refractivity contribution in [2.75, 3.05) is 5.32 Å². The molecule has 3 N–H and O–H groups in total. The predicted octanol–water partition coefficient (Wildman–Crippen LogP) is 2.67. The molecular formula is C21H17FN6O2. The van der Waals surface area contributed by atoms with Crippen LogP contribution in [0.25, 0.3) is 17.2 Å². The molecule has 0 saturated carbocycles. The van der Waals surface area contributed by atoms with Crippen LogP contribution in [0.4, 0.5) is 10.2 Å². The number of pyridine rings is 1. The highest BCUT2D eigenvalue weighted by atomic mass is 19.1. The van der Waals surface area contributed by atoms with Crippen molar-refractivity contribution in [1.82, 2.24) is 19.4 Å². The summed E-state index contributed by atoms with van der Waals surface area (Å²) in [4.78, 5) is 25.4. The van der Waals surface area contributed by atoms with Crippen LogP contribution in [-0.2, 0) is 24.5 Å². The Morgan fingerprint density at radius 1 is 1.23 bits per heavy atom. The van der Waals surface area contributed by atoms with Gasteiger partial charge in [-0.3, -0.25) is 9.20 Å². The Morgan fingerprint density at radius 2 is 2.13 bits per heavy atom. The van der Waals surface area contributed by atoms with Crippen LogP contribution in [0.5, 0.6) is 0 Å². The van der Waals surface area contributed by atoms with Gasteiger partial charge in [-0.1, -0.05) is 12.1 Å². The van der Waals surface area contributed by atoms with Crippen molar-refractivity contribution in [1.29, 1.82) is 0 Å². The van der Waals surface area contributed by atoms with Gasteiger partial charge in [-0.15, -0.1) is 0 Å². The molecule has 0 atom stereocenters. The van der Waals surface area contributed by atoms with E-state index < -0.39 is 5.91 Å². The number of anilines is 1. The summed E-state index contributed by atoms with van der Waals surface area (Å²) < 4.78 is 20.8. The SMILES string of the molecule is NC(=O)c1cccn2c(-c3nc4c(c(NCc5cccc(F)c5)n3)COC4)ncc12. The smallest absolute Gasteiger partial charge is 0.250 e. The number of rotatable bonds is 5. The monoisotopic (exact) mass is 404 g/mol. The minimum atomic E-state index is -0.534. The number of halogens is 1. The highest BCUT2D eigenvalue weighted by Gasteiger charge is 2.22. The molecule has 0 unspecified atom stereocenters. The minimum absolute atomic E-state index is 0.291. The molecule has 0 radical (unpaired) electrons. The van der Waals surface area contributed by atoms with Crippen molar-refractivity contribution in [3.05, 3.63) is 77.0 Å². The highest BCUT2D eigenvalue weighted by Crippen LogP contribution is 2.28. The van der Waals surface area contributed by atoms with Gasteiger partial charge in [0.05, 0.1) is 36.2 Å². The summed E-state index contributed by atoms with van der Waals surface area (Å²) in [5.41, 5.74) is 8.84. The van der Waals surface area contributed by atoms with Crippen LogP contribution >= 0.6 is 0 Å². The van der Waals surface area contributed by atoms with E-state index in [0.29, 0.717) is 48.3 Å². The summed E-state index contributed by atoms with van der Waals surface area (Å²) in [6, 6.07) is 9.74. The van der Waals surface area contributed by atoms with Gasteiger partial charge < -0.3 is 15.8 Å². The molecule has 1 aromatic carbocycles. The molecule has 8 nitrogen and oxygen atoms in total. The van der Waals surface area contributed by atoms with Gasteiger partial charge in [0, 0.05) is 18.3 Å². The first-order valence-corrected chi connectivity index (χ1v) is 9.32. The van der Waals surface area contributed by atoms with Crippen molar-refractivity contribution in [3.63, 3.8) is 0 Å². The van der Waals surface area contributed by atoms with Crippen molar-refractivity contribution >= 4 is 17.2 Å². The quantitative estimate of drug-likeness (QED) is 0.530. The van der Waals surface area contributed by atoms with Gasteiger partial charge in [0.25, 0.3) is 5.91 Å². The summed E-state index contributed by atoms with van der Waals surface area (Å²) >= 11 is 0. The van der Waals surface area contributed by atoms with E-state index in [1.165, 1.54) is 12.1 Å². The third-order valence-corrected chi connectivity index (χ3v) is 4.96. The fourth-order valence-electron chi connectivity index (χ4n) is 3.53. The van der Waals surface area contributed by atoms with Crippen LogP contribution in [0.1, 0.15) is 27.2 Å². The summed E-state index contributed by atoms with van der Waals surface area (Å²) in [6.07, 6.45) is 3.35. The molecule has 0 bridgehead atoms. The molecule has 3 aromatic heterocycles. The van der Waals surface area contributed by atoms with Crippen molar-refractivity contribution < 1.29 is 13.9 Å². The fraction of sp³-hybridized carbons (Fsp3) is 0.143. The zero-order valence-electron chi connectivity index (χ0n) is 15.8. The van der Waals surface area contributed by atoms with Crippen LogP contribution in [-0.4, -0.2) is 25.3 Å². The van der Waals surface area contributed by atoms with E-state index in [1.54, 1.807) is 35.0 Å². The Labute approximate surface area is 170 Å². The van der Waals surface area contributed by atoms with E-state index in [-0.39, 0.29) is 5.82 Å². The molecule has 0 saturated heterocycles. The van der Waals surface area contributed by atoms with Gasteiger partial charge in [0.2, 0.25) is 0 Å². The number of imidazole rings is 1. The van der Waals surface area contributed by atoms with Crippen LogP contribution in [0.3, 0.4) is 0 Å². The summed E-state index contributed by atoms with van der Waals surface area (Å²) in [6.45, 7) is 1.17. The second kappa shape index (κ2) is 7.20. The fourth-order valence-corrected chi connectivity index (χ4v) is 3.53. The van der Waals surface area contributed by atoms with Crippen molar-refractivity contribution in [3.8, 4) is 11.6 Å². The second-order valence-electron chi connectivity index (χ2n) is 6.92. The third kappa shape index (κ3) is 3.15. The molecule has 150 valence electrons. The number of nitrogens with one attached hydrogen (secondary N) is 1. The number of carbonyl (C=O) groups excluding carboxylic acids is 1. The molecule has 1 amide bonds. The Balaban J connectivity index is 1.56. The summed E-state index contributed by atoms with van der Waals surface area (Å²) in [5.74, 6) is 0.659. The average Bonchev–Trinajstić information content (AvgIpc) is 3.38. The van der Waals surface area contributed by atoms with Gasteiger partial charge in [0.1, 0.15) is 11.6 Å². The number of nitrogens with two attached hydrogens (primary N) is 1. The van der Waals surface area contributed by atoms with E-state index in [1.807, 2.05) is 6.07 Å². The Morgan fingerprint density at radius 3 is 2.97 bits per heavy atom. The lowest BCUT2D eigenvalue weighted by Crippen LogP contribution is -2.12. The zero-order chi connectivity index (χ0) is 20.7. The molecule has 4 aromatic rings. The molecule has 0 aliphatic carbocycles. The number of primary amides is 1. The molecule has 1 aliphatic heterocycles. The molecular weight excluding hydrogens is 387 g/mol. The van der Waals surface area contributed by atoms with Gasteiger partial charge in [-0.2, -0.15) is 0 Å². The summed E-state index contributed by atoms with van der Waals surface area (Å²) in [7, 11) is 0. The first-order valence-electron chi connectivity index (χ1n) is 9.32. The lowest BCUT2D eigenvalue weighted by atomic mass is 10.2. The lowest BCUT2D eigenvalue weighted by molar-refractivity contribution is 0.100. The first-order chi connectivity index (χ1) is 14.6. The van der Waals surface area contributed by atoms with E-state index >= 15 is 0 Å². The van der Waals surface area contributed by atoms with Crippen LogP contribution in [0.2, 0.25) is 0 Å². The van der Waals surface area contributed by atoms with E-state index in [2.05, 4.69) is 20.3 Å². The number of hydrogen-bond donors (Lipinski definition) is 2. The van der Waals surface area contributed by atoms with Gasteiger partial charge in [-0.25, -0.2) is 19.3 Å². The molecule has 1 aliphatic rings. The lowest BCUT2D eigenvalue weighted by Gasteiger charge is -2.11. The Bertz CT molecular complexity index is 1290. The largest absolute Gasteiger partial charge is 0.370 e. The summed E-state index contributed by atoms with van der Waals surface area (Å²) in [5, 5.41) is 3.26. The maximum Gasteiger partial charge on any atom is 0.250 e. The average molecular weight is 404 g/mol. The second-order valence-corrected chi connectivity index (χ2v) is 6.92. The third-order valence-electron chi connectivity index (χ3n) is 4.96. The number of amides is 1. The first kappa shape index (κ1) is 18.2. The number of nitrogens with zero attached hydrogens (tertiary/aromatic N) is 4. The maximum absolute atomic E-state index is 13.5. The van der Waals surface area contributed by atoms with E-state index in [9.17, 15) is 9.18 Å². The van der Waals surface area contributed by atoms with Crippen LogP contribution < -0.4 is 11.1 Å². The Hall–Kier alpha value is -3.85. The molecule has 0 fully saturated rings. The minimum Gasteiger partial charge on any atom is -0.370 e. The molecule has 0 spiro atoms. The van der Waals surface area contributed by atoms with Crippen LogP contribution in [0.15, 0.2) is 48.8 Å². The highest BCUT2D eigenvalue weighted by molar-refractivity contribution is 5.99. The van der Waals surface area contributed by atoms with Gasteiger partial charge in [-0.05, 0) is 29.8 Å². The number of hydrogen-bond acceptors (Lipinski definition) is 6. The number of aromatic nitrogens is 4. The van der Waals surface area contributed by atoms with Crippen LogP contribution in [0, 0.1) is 5.82 Å². The van der Waals surface area contributed by atoms with Gasteiger partial charge in [0.15, 0.2) is 11.6 Å². The van der Waals surface area contributed by atoms with Crippen molar-refractivity contribution in [2.24, 2.45) is 5.73 Å². The maximum atomic E-state index is 13.5. The normalized spacial score (nSPS) is 12.8. The van der Waals surface area contributed by atoms with Crippen molar-refractivity contribution in [2.45, 2.75) is 19.8 Å². The molecule has 9 heteroatoms. The molecule has 5 rings (SSSR count). The number of carbonyl (C=O) groups is 1. The number of ether oxygens (including phenoxy) is 1. The standard InChI is InChI=1S/C21H17FN6O2/c22-13-4-1-3-12(7-13)8-24-19-15-10-30-11-16(15)26-20(27-19)21-25-9-17-14(18(23)29)5-2-6-28(17)21/h1-7,9H,8,10-11H2,(H2,23,29)(H,24,26,27). The Kier molecular flexibility index (Phi) is 4.36. The topological polar surface area (TPSA) is 107 Å². The van der Waals surface area contributed by atoms with E-state index in [4.69, 9.17) is 10.5 Å². The number of benzene rings is 1. The van der Waals surface area contributed by atoms with Gasteiger partial charge >= 0.3 is 0 Å².